The highest BCUT2D eigenvalue weighted by atomic mass is 28.4. The van der Waals surface area contributed by atoms with Gasteiger partial charge in [-0.2, -0.15) is 5.26 Å². The molecule has 0 spiro atoms. The van der Waals surface area contributed by atoms with Crippen LogP contribution >= 0.6 is 0 Å². The van der Waals surface area contributed by atoms with Crippen molar-refractivity contribution in [3.63, 3.8) is 0 Å². The Morgan fingerprint density at radius 3 is 2.39 bits per heavy atom. The van der Waals surface area contributed by atoms with Crippen molar-refractivity contribution in [2.75, 3.05) is 37.0 Å². The SMILES string of the molecule is CC[Si](CC)(OCCc1c(-n2ccc(N3CCN(Cc4ccc(OC)cc4)C3=O)n2)cc(C)nc1Nc1ccc(C#N)cc1C)C(C)(C)C. The number of hydrogen-bond donors (Lipinski definition) is 1. The standard InChI is InChI=1S/C38H49N7O3Si/c1-9-49(10-2,38(5,6)7)48-22-18-32-34(24-28(4)40-36(32)41-33-16-13-30(25-39)23-27(33)3)45-19-17-35(42-45)44-21-20-43(37(44)46)26-29-11-14-31(47-8)15-12-29/h11-17,19,23-24H,9-10,18,20-22,26H2,1-8H3,(H,40,41). The Hall–Kier alpha value is -4.66. The van der Waals surface area contributed by atoms with E-state index >= 15 is 0 Å². The molecular formula is C38H49N7O3Si. The summed E-state index contributed by atoms with van der Waals surface area (Å²) in [6, 6.07) is 21.6. The molecule has 2 aromatic carbocycles. The van der Waals surface area contributed by atoms with E-state index in [2.05, 4.69) is 46.0 Å². The zero-order chi connectivity index (χ0) is 35.3. The zero-order valence-electron chi connectivity index (χ0n) is 30.1. The van der Waals surface area contributed by atoms with Gasteiger partial charge in [-0.15, -0.1) is 5.10 Å². The summed E-state index contributed by atoms with van der Waals surface area (Å²) >= 11 is 0. The van der Waals surface area contributed by atoms with Gasteiger partial charge in [0, 0.05) is 61.9 Å². The molecule has 1 saturated heterocycles. The van der Waals surface area contributed by atoms with Gasteiger partial charge in [0.05, 0.1) is 24.4 Å². The smallest absolute Gasteiger partial charge is 0.326 e. The number of benzene rings is 2. The maximum Gasteiger partial charge on any atom is 0.326 e. The molecule has 2 amide bonds. The molecule has 10 nitrogen and oxygen atoms in total. The number of methoxy groups -OCH3 is 1. The topological polar surface area (TPSA) is 109 Å². The highest BCUT2D eigenvalue weighted by Crippen LogP contribution is 2.42. The minimum absolute atomic E-state index is 0.0677. The summed E-state index contributed by atoms with van der Waals surface area (Å²) in [7, 11) is -0.383. The first-order valence-corrected chi connectivity index (χ1v) is 19.4. The van der Waals surface area contributed by atoms with Gasteiger partial charge in [-0.25, -0.2) is 14.5 Å². The van der Waals surface area contributed by atoms with Crippen molar-refractivity contribution < 1.29 is 14.0 Å². The van der Waals surface area contributed by atoms with E-state index in [4.69, 9.17) is 19.2 Å². The van der Waals surface area contributed by atoms with Crippen molar-refractivity contribution in [3.05, 3.63) is 88.7 Å². The number of carbonyl (C=O) groups excluding carboxylic acids is 1. The number of nitrogens with one attached hydrogen (secondary N) is 1. The molecule has 5 rings (SSSR count). The first-order chi connectivity index (χ1) is 23.4. The lowest BCUT2D eigenvalue weighted by Gasteiger charge is -2.41. The van der Waals surface area contributed by atoms with E-state index in [1.807, 2.05) is 84.2 Å². The molecule has 0 saturated carbocycles. The van der Waals surface area contributed by atoms with E-state index < -0.39 is 8.32 Å². The van der Waals surface area contributed by atoms with Crippen LogP contribution < -0.4 is 15.0 Å². The maximum atomic E-state index is 13.5. The Kier molecular flexibility index (Phi) is 10.8. The first-order valence-electron chi connectivity index (χ1n) is 17.1. The van der Waals surface area contributed by atoms with Gasteiger partial charge in [-0.3, -0.25) is 4.90 Å². The van der Waals surface area contributed by atoms with Gasteiger partial charge in [0.15, 0.2) is 14.1 Å². The number of amides is 2. The Balaban J connectivity index is 1.45. The summed E-state index contributed by atoms with van der Waals surface area (Å²) in [5.41, 5.74) is 6.18. The quantitative estimate of drug-likeness (QED) is 0.142. The van der Waals surface area contributed by atoms with Gasteiger partial charge in [-0.1, -0.05) is 46.8 Å². The van der Waals surface area contributed by atoms with Crippen molar-refractivity contribution in [1.82, 2.24) is 19.7 Å². The van der Waals surface area contributed by atoms with Crippen molar-refractivity contribution in [2.45, 2.75) is 78.6 Å². The van der Waals surface area contributed by atoms with E-state index in [1.165, 1.54) is 0 Å². The molecule has 2 aromatic heterocycles. The van der Waals surface area contributed by atoms with Gasteiger partial charge in [0.25, 0.3) is 0 Å². The number of aromatic nitrogens is 3. The molecule has 0 bridgehead atoms. The molecule has 3 heterocycles. The molecule has 4 aromatic rings. The largest absolute Gasteiger partial charge is 0.497 e. The second-order valence-corrected chi connectivity index (χ2v) is 18.9. The molecule has 258 valence electrons. The fourth-order valence-electron chi connectivity index (χ4n) is 6.80. The first kappa shape index (κ1) is 35.6. The number of nitrogens with zero attached hydrogens (tertiary/aromatic N) is 6. The highest BCUT2D eigenvalue weighted by molar-refractivity contribution is 6.76. The molecule has 1 fully saturated rings. The predicted molar refractivity (Wildman–Crippen MR) is 198 cm³/mol. The number of rotatable bonds is 13. The Labute approximate surface area is 291 Å². The van der Waals surface area contributed by atoms with E-state index in [-0.39, 0.29) is 11.1 Å². The average Bonchev–Trinajstić information content (AvgIpc) is 3.71. The summed E-state index contributed by atoms with van der Waals surface area (Å²) in [5.74, 6) is 2.12. The van der Waals surface area contributed by atoms with Gasteiger partial charge in [0.1, 0.15) is 11.6 Å². The third-order valence-electron chi connectivity index (χ3n) is 9.80. The number of ether oxygens (including phenoxy) is 1. The van der Waals surface area contributed by atoms with Crippen molar-refractivity contribution in [2.24, 2.45) is 0 Å². The molecular weight excluding hydrogens is 631 g/mol. The minimum atomic E-state index is -2.03. The number of carbonyl (C=O) groups is 1. The average molecular weight is 680 g/mol. The fourth-order valence-corrected chi connectivity index (χ4v) is 10.8. The van der Waals surface area contributed by atoms with Crippen LogP contribution in [0.15, 0.2) is 60.8 Å². The fraction of sp³-hybridized carbons (Fsp3) is 0.421. The van der Waals surface area contributed by atoms with Crippen molar-refractivity contribution >= 4 is 31.7 Å². The van der Waals surface area contributed by atoms with Crippen molar-refractivity contribution in [3.8, 4) is 17.5 Å². The summed E-state index contributed by atoms with van der Waals surface area (Å²) in [6.45, 7) is 17.6. The second kappa shape index (κ2) is 14.8. The lowest BCUT2D eigenvalue weighted by atomic mass is 10.1. The third kappa shape index (κ3) is 7.66. The zero-order valence-corrected chi connectivity index (χ0v) is 31.1. The van der Waals surface area contributed by atoms with E-state index in [9.17, 15) is 10.1 Å². The summed E-state index contributed by atoms with van der Waals surface area (Å²) < 4.78 is 14.0. The molecule has 0 aliphatic carbocycles. The van der Waals surface area contributed by atoms with Crippen LogP contribution in [0, 0.1) is 25.2 Å². The van der Waals surface area contributed by atoms with Crippen molar-refractivity contribution in [1.29, 1.82) is 5.26 Å². The monoisotopic (exact) mass is 679 g/mol. The normalized spacial score (nSPS) is 13.6. The number of nitriles is 1. The van der Waals surface area contributed by atoms with Crippen LogP contribution in [0.1, 0.15) is 62.6 Å². The van der Waals surface area contributed by atoms with Gasteiger partial charge in [0.2, 0.25) is 0 Å². The predicted octanol–water partition coefficient (Wildman–Crippen LogP) is 8.29. The number of anilines is 3. The Morgan fingerprint density at radius 1 is 1.02 bits per heavy atom. The molecule has 1 aliphatic rings. The molecule has 0 atom stereocenters. The van der Waals surface area contributed by atoms with Crippen LogP contribution in [0.25, 0.3) is 5.69 Å². The lowest BCUT2D eigenvalue weighted by Crippen LogP contribution is -2.46. The van der Waals surface area contributed by atoms with Crippen LogP contribution in [0.3, 0.4) is 0 Å². The summed E-state index contributed by atoms with van der Waals surface area (Å²) in [6.07, 6.45) is 2.54. The molecule has 11 heteroatoms. The van der Waals surface area contributed by atoms with E-state index in [0.29, 0.717) is 44.0 Å². The third-order valence-corrected chi connectivity index (χ3v) is 15.6. The van der Waals surface area contributed by atoms with Crippen LogP contribution in [0.4, 0.5) is 22.1 Å². The number of hydrogen-bond acceptors (Lipinski definition) is 7. The van der Waals surface area contributed by atoms with Crippen LogP contribution in [-0.4, -0.2) is 60.8 Å². The lowest BCUT2D eigenvalue weighted by molar-refractivity contribution is 0.218. The van der Waals surface area contributed by atoms with Gasteiger partial charge >= 0.3 is 6.03 Å². The number of pyridine rings is 1. The summed E-state index contributed by atoms with van der Waals surface area (Å²) in [4.78, 5) is 22.1. The van der Waals surface area contributed by atoms with Gasteiger partial charge < -0.3 is 19.4 Å². The summed E-state index contributed by atoms with van der Waals surface area (Å²) in [5, 5.41) is 18.0. The van der Waals surface area contributed by atoms with E-state index in [1.54, 1.807) is 12.0 Å². The Bertz CT molecular complexity index is 1820. The second-order valence-electron chi connectivity index (χ2n) is 13.7. The molecule has 1 aliphatic heterocycles. The molecule has 49 heavy (non-hydrogen) atoms. The highest BCUT2D eigenvalue weighted by Gasteiger charge is 2.43. The molecule has 0 radical (unpaired) electrons. The van der Waals surface area contributed by atoms with Crippen LogP contribution in [0.2, 0.25) is 17.1 Å². The Morgan fingerprint density at radius 2 is 1.76 bits per heavy atom. The number of urea groups is 1. The van der Waals surface area contributed by atoms with E-state index in [0.717, 1.165) is 57.4 Å². The molecule has 0 unspecified atom stereocenters. The minimum Gasteiger partial charge on any atom is -0.497 e. The van der Waals surface area contributed by atoms with Crippen LogP contribution in [-0.2, 0) is 17.4 Å². The van der Waals surface area contributed by atoms with Crippen LogP contribution in [0.5, 0.6) is 5.75 Å². The maximum absolute atomic E-state index is 13.5. The number of aryl methyl sites for hydroxylation is 2. The van der Waals surface area contributed by atoms with Gasteiger partial charge in [-0.05, 0) is 78.5 Å². The molecule has 1 N–H and O–H groups in total.